The number of carbonyl (C=O) groups is 3. The van der Waals surface area contributed by atoms with Gasteiger partial charge < -0.3 is 18.9 Å². The minimum Gasteiger partial charge on any atom is -0.456 e. The lowest BCUT2D eigenvalue weighted by Gasteiger charge is -2.40. The maximum Gasteiger partial charge on any atom is 0.303 e. The Balaban J connectivity index is 2.31. The molecule has 1 aliphatic rings. The first-order valence-electron chi connectivity index (χ1n) is 6.87. The van der Waals surface area contributed by atoms with Crippen molar-refractivity contribution in [3.05, 3.63) is 12.4 Å². The van der Waals surface area contributed by atoms with Crippen molar-refractivity contribution < 1.29 is 33.3 Å². The normalized spacial score (nSPS) is 27.1. The number of esters is 3. The Morgan fingerprint density at radius 1 is 1.04 bits per heavy atom. The van der Waals surface area contributed by atoms with Crippen LogP contribution in [-0.2, 0) is 33.3 Å². The van der Waals surface area contributed by atoms with Crippen LogP contribution in [0.2, 0.25) is 0 Å². The summed E-state index contributed by atoms with van der Waals surface area (Å²) in [6.07, 6.45) is -0.900. The van der Waals surface area contributed by atoms with Crippen LogP contribution >= 0.6 is 0 Å². The summed E-state index contributed by atoms with van der Waals surface area (Å²) in [7, 11) is 0. The van der Waals surface area contributed by atoms with Crippen LogP contribution in [0.5, 0.6) is 0 Å². The molecule has 0 amide bonds. The van der Waals surface area contributed by atoms with Crippen LogP contribution < -0.4 is 0 Å². The molecule has 0 saturated carbocycles. The summed E-state index contributed by atoms with van der Waals surface area (Å²) in [5, 5.41) is 7.46. The highest BCUT2D eigenvalue weighted by Crippen LogP contribution is 2.30. The summed E-state index contributed by atoms with van der Waals surface area (Å²) in [6, 6.07) is 0. The van der Waals surface area contributed by atoms with Gasteiger partial charge >= 0.3 is 17.9 Å². The highest BCUT2D eigenvalue weighted by molar-refractivity contribution is 5.68. The SMILES string of the molecule is CC(=O)O[C@@H]1[C@@H](OC(C)=O)[C@H](n2ccnn2)OC[C@@H]1OC(C)=O. The van der Waals surface area contributed by atoms with E-state index in [9.17, 15) is 14.4 Å². The van der Waals surface area contributed by atoms with Crippen molar-refractivity contribution in [2.75, 3.05) is 6.61 Å². The molecule has 0 radical (unpaired) electrons. The fourth-order valence-electron chi connectivity index (χ4n) is 2.30. The molecule has 1 saturated heterocycles. The van der Waals surface area contributed by atoms with E-state index in [2.05, 4.69) is 10.3 Å². The number of carbonyl (C=O) groups excluding carboxylic acids is 3. The lowest BCUT2D eigenvalue weighted by molar-refractivity contribution is -0.241. The van der Waals surface area contributed by atoms with Crippen LogP contribution in [-0.4, -0.2) is 57.8 Å². The van der Waals surface area contributed by atoms with E-state index in [1.54, 1.807) is 0 Å². The summed E-state index contributed by atoms with van der Waals surface area (Å²) in [4.78, 5) is 34.0. The Kier molecular flexibility index (Phi) is 5.27. The number of ether oxygens (including phenoxy) is 4. The molecule has 4 atom stereocenters. The Bertz CT molecular complexity index is 574. The second-order valence-corrected chi connectivity index (χ2v) is 4.90. The van der Waals surface area contributed by atoms with Gasteiger partial charge in [0, 0.05) is 27.0 Å². The summed E-state index contributed by atoms with van der Waals surface area (Å²) < 4.78 is 22.5. The van der Waals surface area contributed by atoms with E-state index in [0.29, 0.717) is 0 Å². The standard InChI is InChI=1S/C13H17N3O7/c1-7(17)21-10-6-20-13(16-5-4-14-15-16)12(23-9(3)19)11(10)22-8(2)18/h4-5,10-13H,6H2,1-3H3/t10-,11-,12+,13+/m0/s1. The second kappa shape index (κ2) is 7.18. The minimum atomic E-state index is -1.05. The van der Waals surface area contributed by atoms with Gasteiger partial charge in [0.1, 0.15) is 0 Å². The smallest absolute Gasteiger partial charge is 0.303 e. The highest BCUT2D eigenvalue weighted by atomic mass is 16.6. The molecule has 1 aromatic rings. The first-order valence-corrected chi connectivity index (χ1v) is 6.87. The Morgan fingerprint density at radius 2 is 1.65 bits per heavy atom. The third-order valence-electron chi connectivity index (χ3n) is 3.03. The molecule has 10 heteroatoms. The van der Waals surface area contributed by atoms with Gasteiger partial charge in [-0.25, -0.2) is 4.68 Å². The molecule has 0 N–H and O–H groups in total. The number of hydrogen-bond acceptors (Lipinski definition) is 9. The fourth-order valence-corrected chi connectivity index (χ4v) is 2.30. The molecule has 0 aromatic carbocycles. The molecule has 10 nitrogen and oxygen atoms in total. The van der Waals surface area contributed by atoms with Crippen LogP contribution in [0.4, 0.5) is 0 Å². The summed E-state index contributed by atoms with van der Waals surface area (Å²) in [6.45, 7) is 3.57. The van der Waals surface area contributed by atoms with Crippen LogP contribution in [0.15, 0.2) is 12.4 Å². The number of hydrogen-bond donors (Lipinski definition) is 0. The minimum absolute atomic E-state index is 0.0557. The maximum absolute atomic E-state index is 11.4. The van der Waals surface area contributed by atoms with Gasteiger partial charge in [-0.05, 0) is 0 Å². The summed E-state index contributed by atoms with van der Waals surface area (Å²) in [5.74, 6) is -1.79. The topological polar surface area (TPSA) is 119 Å². The van der Waals surface area contributed by atoms with Crippen LogP contribution in [0.3, 0.4) is 0 Å². The molecule has 0 unspecified atom stereocenters. The van der Waals surface area contributed by atoms with E-state index in [1.165, 1.54) is 37.8 Å². The lowest BCUT2D eigenvalue weighted by Crippen LogP contribution is -2.55. The largest absolute Gasteiger partial charge is 0.456 e. The zero-order chi connectivity index (χ0) is 17.0. The zero-order valence-electron chi connectivity index (χ0n) is 12.9. The van der Waals surface area contributed by atoms with E-state index < -0.39 is 42.4 Å². The Labute approximate surface area is 131 Å². The van der Waals surface area contributed by atoms with E-state index in [0.717, 1.165) is 0 Å². The van der Waals surface area contributed by atoms with Crippen molar-refractivity contribution in [2.45, 2.75) is 45.3 Å². The number of aromatic nitrogens is 3. The van der Waals surface area contributed by atoms with Crippen LogP contribution in [0.25, 0.3) is 0 Å². The van der Waals surface area contributed by atoms with E-state index in [-0.39, 0.29) is 6.61 Å². The molecule has 0 spiro atoms. The fraction of sp³-hybridized carbons (Fsp3) is 0.615. The van der Waals surface area contributed by atoms with E-state index in [1.807, 2.05) is 0 Å². The second-order valence-electron chi connectivity index (χ2n) is 4.90. The lowest BCUT2D eigenvalue weighted by atomic mass is 10.0. The van der Waals surface area contributed by atoms with Crippen molar-refractivity contribution in [3.63, 3.8) is 0 Å². The van der Waals surface area contributed by atoms with Crippen LogP contribution in [0, 0.1) is 0 Å². The quantitative estimate of drug-likeness (QED) is 0.537. The third kappa shape index (κ3) is 4.25. The van der Waals surface area contributed by atoms with Crippen molar-refractivity contribution in [1.29, 1.82) is 0 Å². The molecule has 126 valence electrons. The van der Waals surface area contributed by atoms with Gasteiger partial charge in [-0.1, -0.05) is 5.21 Å². The molecule has 2 heterocycles. The van der Waals surface area contributed by atoms with Gasteiger partial charge in [0.05, 0.1) is 12.8 Å². The van der Waals surface area contributed by atoms with Crippen LogP contribution in [0.1, 0.15) is 27.0 Å². The Morgan fingerprint density at radius 3 is 2.17 bits per heavy atom. The first-order chi connectivity index (χ1) is 10.9. The molecule has 0 aliphatic carbocycles. The van der Waals surface area contributed by atoms with Gasteiger partial charge in [0.25, 0.3) is 0 Å². The average Bonchev–Trinajstić information content (AvgIpc) is 2.94. The Hall–Kier alpha value is -2.49. The molecule has 23 heavy (non-hydrogen) atoms. The molecule has 2 rings (SSSR count). The number of rotatable bonds is 4. The molecular weight excluding hydrogens is 310 g/mol. The van der Waals surface area contributed by atoms with Crippen molar-refractivity contribution >= 4 is 17.9 Å². The van der Waals surface area contributed by atoms with E-state index in [4.69, 9.17) is 18.9 Å². The van der Waals surface area contributed by atoms with Crippen molar-refractivity contribution in [3.8, 4) is 0 Å². The van der Waals surface area contributed by atoms with Crippen molar-refractivity contribution in [1.82, 2.24) is 15.0 Å². The monoisotopic (exact) mass is 327 g/mol. The predicted molar refractivity (Wildman–Crippen MR) is 71.7 cm³/mol. The van der Waals surface area contributed by atoms with Gasteiger partial charge in [-0.2, -0.15) is 0 Å². The zero-order valence-corrected chi connectivity index (χ0v) is 12.9. The molecule has 1 aliphatic heterocycles. The van der Waals surface area contributed by atoms with Gasteiger partial charge in [-0.3, -0.25) is 14.4 Å². The highest BCUT2D eigenvalue weighted by Gasteiger charge is 2.47. The van der Waals surface area contributed by atoms with Gasteiger partial charge in [0.2, 0.25) is 0 Å². The van der Waals surface area contributed by atoms with Crippen molar-refractivity contribution in [2.24, 2.45) is 0 Å². The molecule has 0 bridgehead atoms. The summed E-state index contributed by atoms with van der Waals surface area (Å²) >= 11 is 0. The maximum atomic E-state index is 11.4. The molecular formula is C13H17N3O7. The van der Waals surface area contributed by atoms with Gasteiger partial charge in [0.15, 0.2) is 24.5 Å². The molecule has 1 aromatic heterocycles. The molecule has 1 fully saturated rings. The summed E-state index contributed by atoms with van der Waals surface area (Å²) in [5.41, 5.74) is 0. The third-order valence-corrected chi connectivity index (χ3v) is 3.03. The van der Waals surface area contributed by atoms with E-state index >= 15 is 0 Å². The first kappa shape index (κ1) is 16.9. The average molecular weight is 327 g/mol. The predicted octanol–water partition coefficient (Wildman–Crippen LogP) is -0.398. The van der Waals surface area contributed by atoms with Gasteiger partial charge in [-0.15, -0.1) is 5.10 Å². The number of nitrogens with zero attached hydrogens (tertiary/aromatic N) is 3.